The van der Waals surface area contributed by atoms with Crippen molar-refractivity contribution < 1.29 is 46.1 Å². The first kappa shape index (κ1) is 28.8. The Morgan fingerprint density at radius 2 is 1.42 bits per heavy atom. The van der Waals surface area contributed by atoms with Crippen molar-refractivity contribution in [2.24, 2.45) is 0 Å². The number of aliphatic carboxylic acids is 2. The number of rotatable bonds is 3. The minimum absolute atomic E-state index is 0.949. The number of carbonyl (C=O) groups is 2. The van der Waals surface area contributed by atoms with Crippen LogP contribution in [0.1, 0.15) is 9.75 Å². The third-order valence-electron chi connectivity index (χ3n) is 4.63. The molecule has 0 bridgehead atoms. The van der Waals surface area contributed by atoms with Crippen molar-refractivity contribution in [1.82, 2.24) is 19.3 Å². The van der Waals surface area contributed by atoms with E-state index in [1.54, 1.807) is 0 Å². The van der Waals surface area contributed by atoms with Crippen molar-refractivity contribution in [3.63, 3.8) is 0 Å². The second kappa shape index (κ2) is 12.0. The number of carboxylic acid groups (broad SMARTS) is 2. The van der Waals surface area contributed by atoms with Gasteiger partial charge in [-0.15, -0.1) is 11.3 Å². The molecule has 0 spiro atoms. The molecule has 0 saturated carbocycles. The topological polar surface area (TPSA) is 111 Å². The van der Waals surface area contributed by atoms with Crippen LogP contribution in [0.4, 0.5) is 32.2 Å². The highest BCUT2D eigenvalue weighted by Crippen LogP contribution is 2.21. The number of thiophene rings is 1. The Balaban J connectivity index is 0.000000271. The summed E-state index contributed by atoms with van der Waals surface area (Å²) in [5, 5.41) is 14.2. The van der Waals surface area contributed by atoms with Crippen LogP contribution in [-0.2, 0) is 16.1 Å². The number of halogens is 6. The lowest BCUT2D eigenvalue weighted by Gasteiger charge is -2.35. The van der Waals surface area contributed by atoms with Crippen LogP contribution >= 0.6 is 11.3 Å². The van der Waals surface area contributed by atoms with Gasteiger partial charge >= 0.3 is 24.3 Å². The fourth-order valence-corrected chi connectivity index (χ4v) is 3.90. The van der Waals surface area contributed by atoms with E-state index in [-0.39, 0.29) is 0 Å². The van der Waals surface area contributed by atoms with Crippen LogP contribution in [0.2, 0.25) is 0 Å². The second-order valence-electron chi connectivity index (χ2n) is 7.29. The fraction of sp³-hybridized carbons (Fsp3) is 0.400. The van der Waals surface area contributed by atoms with Crippen LogP contribution in [-0.4, -0.2) is 80.0 Å². The maximum atomic E-state index is 10.6. The molecule has 0 aliphatic carbocycles. The minimum atomic E-state index is -5.08. The van der Waals surface area contributed by atoms with Gasteiger partial charge in [-0.3, -0.25) is 4.90 Å². The van der Waals surface area contributed by atoms with Gasteiger partial charge in [0.05, 0.1) is 0 Å². The molecule has 0 atom stereocenters. The van der Waals surface area contributed by atoms with E-state index in [0.29, 0.717) is 0 Å². The maximum absolute atomic E-state index is 10.6. The number of aromatic nitrogens is 3. The molecule has 3 aromatic rings. The van der Waals surface area contributed by atoms with Crippen LogP contribution in [0.25, 0.3) is 5.65 Å². The van der Waals surface area contributed by atoms with Crippen molar-refractivity contribution in [2.75, 3.05) is 31.1 Å². The second-order valence-corrected chi connectivity index (χ2v) is 8.66. The molecule has 9 nitrogen and oxygen atoms in total. The van der Waals surface area contributed by atoms with Gasteiger partial charge in [0.25, 0.3) is 0 Å². The van der Waals surface area contributed by atoms with Gasteiger partial charge in [-0.1, -0.05) is 0 Å². The van der Waals surface area contributed by atoms with Gasteiger partial charge < -0.3 is 19.5 Å². The third-order valence-corrected chi connectivity index (χ3v) is 5.61. The minimum Gasteiger partial charge on any atom is -0.475 e. The summed E-state index contributed by atoms with van der Waals surface area (Å²) in [5.74, 6) is -4.51. The number of piperazine rings is 1. The van der Waals surface area contributed by atoms with Crippen LogP contribution in [0.5, 0.6) is 0 Å². The number of aryl methyl sites for hydroxylation is 1. The van der Waals surface area contributed by atoms with E-state index >= 15 is 0 Å². The third kappa shape index (κ3) is 8.67. The number of alkyl halides is 6. The summed E-state index contributed by atoms with van der Waals surface area (Å²) in [6.07, 6.45) is -2.57. The Kier molecular flexibility index (Phi) is 9.63. The first-order valence-corrected chi connectivity index (χ1v) is 10.9. The van der Waals surface area contributed by atoms with E-state index in [0.717, 1.165) is 44.2 Å². The van der Waals surface area contributed by atoms with E-state index in [2.05, 4.69) is 38.8 Å². The lowest BCUT2D eigenvalue weighted by molar-refractivity contribution is -0.193. The van der Waals surface area contributed by atoms with E-state index in [1.807, 2.05) is 40.5 Å². The van der Waals surface area contributed by atoms with Gasteiger partial charge in [-0.25, -0.2) is 19.6 Å². The molecule has 4 heterocycles. The Labute approximate surface area is 204 Å². The van der Waals surface area contributed by atoms with Crippen molar-refractivity contribution in [2.45, 2.75) is 25.8 Å². The highest BCUT2D eigenvalue weighted by atomic mass is 32.1. The van der Waals surface area contributed by atoms with Crippen molar-refractivity contribution >= 4 is 34.7 Å². The van der Waals surface area contributed by atoms with Crippen LogP contribution in [0.3, 0.4) is 0 Å². The Morgan fingerprint density at radius 1 is 0.917 bits per heavy atom. The molecule has 1 aliphatic rings. The lowest BCUT2D eigenvalue weighted by atomic mass is 10.3. The van der Waals surface area contributed by atoms with Crippen LogP contribution < -0.4 is 4.90 Å². The number of carboxylic acids is 2. The van der Waals surface area contributed by atoms with Gasteiger partial charge in [-0.2, -0.15) is 26.3 Å². The molecule has 0 amide bonds. The smallest absolute Gasteiger partial charge is 0.475 e. The molecule has 36 heavy (non-hydrogen) atoms. The fourth-order valence-electron chi connectivity index (χ4n) is 2.97. The van der Waals surface area contributed by atoms with E-state index in [9.17, 15) is 26.3 Å². The number of nitrogens with zero attached hydrogens (tertiary/aromatic N) is 5. The zero-order chi connectivity index (χ0) is 27.1. The van der Waals surface area contributed by atoms with E-state index in [4.69, 9.17) is 19.8 Å². The highest BCUT2D eigenvalue weighted by Gasteiger charge is 2.38. The van der Waals surface area contributed by atoms with Gasteiger partial charge in [0.1, 0.15) is 0 Å². The molecule has 1 saturated heterocycles. The molecule has 2 N–H and O–H groups in total. The lowest BCUT2D eigenvalue weighted by Crippen LogP contribution is -2.46. The molecule has 3 aromatic heterocycles. The molecule has 1 aliphatic heterocycles. The monoisotopic (exact) mass is 541 g/mol. The average Bonchev–Trinajstić information content (AvgIpc) is 3.42. The number of anilines is 1. The number of hydrogen-bond donors (Lipinski definition) is 2. The molecule has 4 rings (SSSR count). The molecular weight excluding hydrogens is 520 g/mol. The summed E-state index contributed by atoms with van der Waals surface area (Å²) >= 11 is 1.90. The van der Waals surface area contributed by atoms with Gasteiger partial charge in [0, 0.05) is 67.3 Å². The molecule has 198 valence electrons. The van der Waals surface area contributed by atoms with Gasteiger partial charge in [0.2, 0.25) is 0 Å². The summed E-state index contributed by atoms with van der Waals surface area (Å²) in [7, 11) is 0. The highest BCUT2D eigenvalue weighted by molar-refractivity contribution is 7.11. The average molecular weight is 541 g/mol. The molecule has 1 fully saturated rings. The summed E-state index contributed by atoms with van der Waals surface area (Å²) in [4.78, 5) is 34.5. The largest absolute Gasteiger partial charge is 0.490 e. The quantitative estimate of drug-likeness (QED) is 0.483. The van der Waals surface area contributed by atoms with Gasteiger partial charge in [0.15, 0.2) is 11.5 Å². The predicted octanol–water partition coefficient (Wildman–Crippen LogP) is 3.69. The number of fused-ring (bicyclic) bond motifs is 1. The Morgan fingerprint density at radius 3 is 1.86 bits per heavy atom. The number of hydrogen-bond acceptors (Lipinski definition) is 7. The SMILES string of the molecule is Cc1ccc(CN2CCN(c3nccn4ccnc34)CC2)s1.O=C(O)C(F)(F)F.O=C(O)C(F)(F)F. The first-order valence-electron chi connectivity index (χ1n) is 10.1. The predicted molar refractivity (Wildman–Crippen MR) is 117 cm³/mol. The summed E-state index contributed by atoms with van der Waals surface area (Å²) < 4.78 is 65.5. The Hall–Kier alpha value is -3.40. The van der Waals surface area contributed by atoms with Crippen molar-refractivity contribution in [3.8, 4) is 0 Å². The molecule has 0 unspecified atom stereocenters. The van der Waals surface area contributed by atoms with Crippen molar-refractivity contribution in [1.29, 1.82) is 0 Å². The normalized spacial score (nSPS) is 14.5. The summed E-state index contributed by atoms with van der Waals surface area (Å²) in [5.41, 5.74) is 0.949. The van der Waals surface area contributed by atoms with Crippen LogP contribution in [0.15, 0.2) is 36.9 Å². The summed E-state index contributed by atoms with van der Waals surface area (Å²) in [6.45, 7) is 7.38. The molecule has 0 aromatic carbocycles. The van der Waals surface area contributed by atoms with Crippen LogP contribution in [0, 0.1) is 6.92 Å². The van der Waals surface area contributed by atoms with E-state index in [1.165, 1.54) is 9.75 Å². The standard InChI is InChI=1S/C16H19N5S.2C2HF3O2/c1-13-2-3-14(22-13)12-19-8-10-21(11-9-19)16-15-17-4-6-20(15)7-5-18-16;2*3-2(4,5)1(6)7/h2-7H,8-12H2,1H3;2*(H,6,7). The zero-order valence-corrected chi connectivity index (χ0v) is 19.4. The summed E-state index contributed by atoms with van der Waals surface area (Å²) in [6, 6.07) is 4.46. The first-order chi connectivity index (χ1) is 16.7. The molecule has 0 radical (unpaired) electrons. The molecule has 16 heteroatoms. The van der Waals surface area contributed by atoms with Gasteiger partial charge in [-0.05, 0) is 19.1 Å². The maximum Gasteiger partial charge on any atom is 0.490 e. The Bertz CT molecular complexity index is 1130. The van der Waals surface area contributed by atoms with Crippen molar-refractivity contribution in [3.05, 3.63) is 46.7 Å². The van der Waals surface area contributed by atoms with E-state index < -0.39 is 24.3 Å². The molecular formula is C20H21F6N5O4S. The number of imidazole rings is 1. The zero-order valence-electron chi connectivity index (χ0n) is 18.6.